The molecule has 0 amide bonds. The number of carbonyl (C=O) groups is 1. The van der Waals surface area contributed by atoms with Crippen LogP contribution < -0.4 is 9.47 Å². The molecule has 1 saturated carbocycles. The zero-order valence-corrected chi connectivity index (χ0v) is 13.5. The minimum atomic E-state index is -0.765. The molecule has 0 aliphatic heterocycles. The van der Waals surface area contributed by atoms with Gasteiger partial charge in [0.15, 0.2) is 11.5 Å². The molecule has 0 atom stereocenters. The summed E-state index contributed by atoms with van der Waals surface area (Å²) in [5.41, 5.74) is 1.86. The summed E-state index contributed by atoms with van der Waals surface area (Å²) in [7, 11) is 3.22. The maximum atomic E-state index is 10.8. The van der Waals surface area contributed by atoms with E-state index in [1.165, 1.54) is 6.42 Å². The molecule has 0 spiro atoms. The summed E-state index contributed by atoms with van der Waals surface area (Å²) in [4.78, 5) is 15.6. The van der Waals surface area contributed by atoms with Gasteiger partial charge in [-0.1, -0.05) is 6.42 Å². The first kappa shape index (κ1) is 15.6. The molecular formula is C17H22N2O4. The number of hydrogen-bond donors (Lipinski definition) is 1. The first-order chi connectivity index (χ1) is 11.1. The number of imidazole rings is 1. The van der Waals surface area contributed by atoms with Crippen LogP contribution in [0.4, 0.5) is 0 Å². The normalized spacial score (nSPS) is 14.7. The highest BCUT2D eigenvalue weighted by Crippen LogP contribution is 2.39. The van der Waals surface area contributed by atoms with Crippen molar-refractivity contribution in [3.8, 4) is 11.5 Å². The largest absolute Gasteiger partial charge is 0.493 e. The van der Waals surface area contributed by atoms with Crippen LogP contribution in [0.2, 0.25) is 0 Å². The number of nitrogens with zero attached hydrogens (tertiary/aromatic N) is 2. The summed E-state index contributed by atoms with van der Waals surface area (Å²) in [5.74, 6) is 2.10. The Morgan fingerprint density at radius 1 is 1.30 bits per heavy atom. The summed E-state index contributed by atoms with van der Waals surface area (Å²) in [6.45, 7) is 0.657. The van der Waals surface area contributed by atoms with E-state index in [2.05, 4.69) is 4.57 Å². The maximum Gasteiger partial charge on any atom is 0.303 e. The van der Waals surface area contributed by atoms with Crippen molar-refractivity contribution in [1.29, 1.82) is 0 Å². The monoisotopic (exact) mass is 318 g/mol. The van der Waals surface area contributed by atoms with Gasteiger partial charge in [-0.3, -0.25) is 4.79 Å². The molecule has 0 saturated heterocycles. The van der Waals surface area contributed by atoms with Gasteiger partial charge in [0.05, 0.1) is 25.3 Å². The molecule has 3 rings (SSSR count). The summed E-state index contributed by atoms with van der Waals surface area (Å²) in [6.07, 6.45) is 4.29. The average Bonchev–Trinajstić information content (AvgIpc) is 2.81. The number of carboxylic acids is 1. The predicted octanol–water partition coefficient (Wildman–Crippen LogP) is 3.19. The molecule has 0 unspecified atom stereocenters. The molecule has 2 aromatic rings. The number of carboxylic acid groups (broad SMARTS) is 1. The molecule has 124 valence electrons. The van der Waals surface area contributed by atoms with Crippen LogP contribution >= 0.6 is 0 Å². The Kier molecular flexibility index (Phi) is 4.41. The van der Waals surface area contributed by atoms with Gasteiger partial charge in [0, 0.05) is 31.0 Å². The van der Waals surface area contributed by atoms with Crippen LogP contribution in [0.5, 0.6) is 11.5 Å². The molecule has 23 heavy (non-hydrogen) atoms. The topological polar surface area (TPSA) is 73.6 Å². The molecule has 1 fully saturated rings. The van der Waals surface area contributed by atoms with Crippen LogP contribution in [0.25, 0.3) is 11.0 Å². The van der Waals surface area contributed by atoms with Crippen molar-refractivity contribution in [1.82, 2.24) is 9.55 Å². The van der Waals surface area contributed by atoms with Gasteiger partial charge in [-0.15, -0.1) is 0 Å². The molecule has 1 aromatic heterocycles. The third-order valence-corrected chi connectivity index (χ3v) is 4.53. The highest BCUT2D eigenvalue weighted by Gasteiger charge is 2.26. The molecule has 1 heterocycles. The van der Waals surface area contributed by atoms with E-state index in [9.17, 15) is 4.79 Å². The number of benzene rings is 1. The Hall–Kier alpha value is -2.24. The van der Waals surface area contributed by atoms with Gasteiger partial charge in [-0.05, 0) is 19.3 Å². The lowest BCUT2D eigenvalue weighted by Crippen LogP contribution is -2.16. The van der Waals surface area contributed by atoms with E-state index >= 15 is 0 Å². The van der Waals surface area contributed by atoms with Crippen molar-refractivity contribution in [3.05, 3.63) is 18.0 Å². The fourth-order valence-corrected chi connectivity index (χ4v) is 3.07. The van der Waals surface area contributed by atoms with Gasteiger partial charge < -0.3 is 19.1 Å². The molecule has 6 heteroatoms. The Morgan fingerprint density at radius 2 is 2.00 bits per heavy atom. The first-order valence-electron chi connectivity index (χ1n) is 7.98. The summed E-state index contributed by atoms with van der Waals surface area (Å²) in [6, 6.07) is 3.83. The lowest BCUT2D eigenvalue weighted by atomic mass is 9.85. The lowest BCUT2D eigenvalue weighted by Gasteiger charge is -2.25. The minimum Gasteiger partial charge on any atom is -0.493 e. The van der Waals surface area contributed by atoms with Crippen LogP contribution in [0.1, 0.15) is 43.8 Å². The molecular weight excluding hydrogens is 296 g/mol. The molecule has 1 aromatic carbocycles. The lowest BCUT2D eigenvalue weighted by molar-refractivity contribution is -0.137. The van der Waals surface area contributed by atoms with Gasteiger partial charge in [0.25, 0.3) is 0 Å². The standard InChI is InChI=1S/C17H22N2O4/c1-22-14-9-12-13(10-15(14)23-2)19(8-4-7-16(20)21)17(18-12)11-5-3-6-11/h9-11H,3-8H2,1-2H3,(H,20,21). The van der Waals surface area contributed by atoms with Gasteiger partial charge in [0.1, 0.15) is 5.82 Å². The van der Waals surface area contributed by atoms with E-state index in [0.717, 1.165) is 29.7 Å². The Labute approximate surface area is 135 Å². The van der Waals surface area contributed by atoms with Crippen LogP contribution in [0.3, 0.4) is 0 Å². The molecule has 1 N–H and O–H groups in total. The zero-order valence-electron chi connectivity index (χ0n) is 13.5. The average molecular weight is 318 g/mol. The van der Waals surface area contributed by atoms with Crippen molar-refractivity contribution in [3.63, 3.8) is 0 Å². The smallest absolute Gasteiger partial charge is 0.303 e. The number of aryl methyl sites for hydroxylation is 1. The molecule has 1 aliphatic rings. The number of fused-ring (bicyclic) bond motifs is 1. The van der Waals surface area contributed by atoms with Crippen molar-refractivity contribution in [2.24, 2.45) is 0 Å². The van der Waals surface area contributed by atoms with E-state index in [1.54, 1.807) is 14.2 Å². The number of methoxy groups -OCH3 is 2. The number of aromatic nitrogens is 2. The van der Waals surface area contributed by atoms with Gasteiger partial charge in [-0.2, -0.15) is 0 Å². The summed E-state index contributed by atoms with van der Waals surface area (Å²) < 4.78 is 12.9. The van der Waals surface area contributed by atoms with Crippen molar-refractivity contribution in [2.45, 2.75) is 44.6 Å². The number of rotatable bonds is 7. The number of ether oxygens (including phenoxy) is 2. The summed E-state index contributed by atoms with van der Waals surface area (Å²) >= 11 is 0. The Balaban J connectivity index is 2.02. The second-order valence-corrected chi connectivity index (χ2v) is 5.94. The van der Waals surface area contributed by atoms with Gasteiger partial charge >= 0.3 is 5.97 Å². The highest BCUT2D eigenvalue weighted by molar-refractivity contribution is 5.81. The first-order valence-corrected chi connectivity index (χ1v) is 7.98. The third kappa shape index (κ3) is 2.98. The van der Waals surface area contributed by atoms with Crippen LogP contribution in [0, 0.1) is 0 Å². The van der Waals surface area contributed by atoms with Crippen molar-refractivity contribution >= 4 is 17.0 Å². The highest BCUT2D eigenvalue weighted by atomic mass is 16.5. The van der Waals surface area contributed by atoms with Gasteiger partial charge in [0.2, 0.25) is 0 Å². The second kappa shape index (κ2) is 6.48. The van der Waals surface area contributed by atoms with E-state index < -0.39 is 5.97 Å². The van der Waals surface area contributed by atoms with E-state index in [4.69, 9.17) is 19.6 Å². The minimum absolute atomic E-state index is 0.164. The second-order valence-electron chi connectivity index (χ2n) is 5.94. The van der Waals surface area contributed by atoms with Crippen molar-refractivity contribution < 1.29 is 19.4 Å². The summed E-state index contributed by atoms with van der Waals surface area (Å²) in [5, 5.41) is 8.88. The zero-order chi connectivity index (χ0) is 16.4. The molecule has 1 aliphatic carbocycles. The van der Waals surface area contributed by atoms with E-state index in [1.807, 2.05) is 12.1 Å². The number of hydrogen-bond acceptors (Lipinski definition) is 4. The molecule has 6 nitrogen and oxygen atoms in total. The SMILES string of the molecule is COc1cc2nc(C3CCC3)n(CCCC(=O)O)c2cc1OC. The Morgan fingerprint density at radius 3 is 2.57 bits per heavy atom. The fraction of sp³-hybridized carbons (Fsp3) is 0.529. The third-order valence-electron chi connectivity index (χ3n) is 4.53. The maximum absolute atomic E-state index is 10.8. The number of aliphatic carboxylic acids is 1. The molecule has 0 radical (unpaired) electrons. The fourth-order valence-electron chi connectivity index (χ4n) is 3.07. The van der Waals surface area contributed by atoms with E-state index in [-0.39, 0.29) is 6.42 Å². The predicted molar refractivity (Wildman–Crippen MR) is 86.3 cm³/mol. The Bertz CT molecular complexity index is 719. The quantitative estimate of drug-likeness (QED) is 0.848. The van der Waals surface area contributed by atoms with Gasteiger partial charge in [-0.25, -0.2) is 4.98 Å². The van der Waals surface area contributed by atoms with Crippen LogP contribution in [-0.4, -0.2) is 34.8 Å². The van der Waals surface area contributed by atoms with E-state index in [0.29, 0.717) is 30.4 Å². The van der Waals surface area contributed by atoms with Crippen LogP contribution in [0.15, 0.2) is 12.1 Å². The van der Waals surface area contributed by atoms with Crippen molar-refractivity contribution in [2.75, 3.05) is 14.2 Å². The van der Waals surface area contributed by atoms with Crippen LogP contribution in [-0.2, 0) is 11.3 Å². The molecule has 0 bridgehead atoms.